The second-order valence-corrected chi connectivity index (χ2v) is 4.71. The lowest BCUT2D eigenvalue weighted by Gasteiger charge is -2.18. The Bertz CT molecular complexity index is 371. The fourth-order valence-electron chi connectivity index (χ4n) is 2.02. The third kappa shape index (κ3) is 3.30. The number of hydrogen-bond donors (Lipinski definition) is 2. The Labute approximate surface area is 102 Å². The highest BCUT2D eigenvalue weighted by molar-refractivity contribution is 5.49. The molecule has 3 N–H and O–H groups in total. The summed E-state index contributed by atoms with van der Waals surface area (Å²) in [6, 6.07) is 2.14. The maximum absolute atomic E-state index is 5.72. The smallest absolute Gasteiger partial charge is 0.134 e. The van der Waals surface area contributed by atoms with E-state index in [1.54, 1.807) is 0 Å². The molecule has 1 saturated heterocycles. The Balaban J connectivity index is 2.11. The summed E-state index contributed by atoms with van der Waals surface area (Å²) >= 11 is 0. The third-order valence-corrected chi connectivity index (χ3v) is 2.86. The lowest BCUT2D eigenvalue weighted by atomic mass is 10.3. The minimum absolute atomic E-state index is 0.125. The normalized spacial score (nSPS) is 17.2. The maximum atomic E-state index is 5.72. The van der Waals surface area contributed by atoms with Gasteiger partial charge in [0.15, 0.2) is 0 Å². The molecule has 0 bridgehead atoms. The first-order valence-electron chi connectivity index (χ1n) is 6.25. The Hall–Kier alpha value is -1.36. The monoisotopic (exact) mass is 235 g/mol. The van der Waals surface area contributed by atoms with Gasteiger partial charge in [0.2, 0.25) is 0 Å². The second-order valence-electron chi connectivity index (χ2n) is 4.71. The van der Waals surface area contributed by atoms with Gasteiger partial charge in [-0.1, -0.05) is 0 Å². The van der Waals surface area contributed by atoms with E-state index in [-0.39, 0.29) is 6.04 Å². The molecule has 5 nitrogen and oxygen atoms in total. The van der Waals surface area contributed by atoms with Gasteiger partial charge in [0, 0.05) is 31.7 Å². The van der Waals surface area contributed by atoms with E-state index >= 15 is 0 Å². The number of hydrogen-bond acceptors (Lipinski definition) is 5. The molecule has 17 heavy (non-hydrogen) atoms. The summed E-state index contributed by atoms with van der Waals surface area (Å²) in [4.78, 5) is 11.2. The third-order valence-electron chi connectivity index (χ3n) is 2.86. The summed E-state index contributed by atoms with van der Waals surface area (Å²) in [6.45, 7) is 6.83. The molecule has 1 fully saturated rings. The number of aromatic nitrogens is 2. The number of anilines is 2. The molecule has 2 rings (SSSR count). The molecule has 1 aromatic heterocycles. The SMILES string of the molecule is Cc1nc(NCC(C)N)cc(N2CCCC2)n1. The van der Waals surface area contributed by atoms with Crippen molar-refractivity contribution in [2.75, 3.05) is 29.9 Å². The first-order chi connectivity index (χ1) is 8.15. The molecule has 1 aromatic rings. The van der Waals surface area contributed by atoms with E-state index in [1.165, 1.54) is 12.8 Å². The summed E-state index contributed by atoms with van der Waals surface area (Å²) in [5.74, 6) is 2.71. The maximum Gasteiger partial charge on any atom is 0.134 e. The van der Waals surface area contributed by atoms with Crippen LogP contribution in [0.5, 0.6) is 0 Å². The van der Waals surface area contributed by atoms with Crippen LogP contribution in [0.1, 0.15) is 25.6 Å². The summed E-state index contributed by atoms with van der Waals surface area (Å²) in [5.41, 5.74) is 5.72. The van der Waals surface area contributed by atoms with Crippen LogP contribution in [-0.2, 0) is 0 Å². The van der Waals surface area contributed by atoms with Gasteiger partial charge in [-0.3, -0.25) is 0 Å². The minimum Gasteiger partial charge on any atom is -0.368 e. The highest BCUT2D eigenvalue weighted by atomic mass is 15.2. The van der Waals surface area contributed by atoms with E-state index in [0.29, 0.717) is 0 Å². The number of nitrogens with zero attached hydrogens (tertiary/aromatic N) is 3. The molecule has 1 atom stereocenters. The van der Waals surface area contributed by atoms with Crippen molar-refractivity contribution in [1.29, 1.82) is 0 Å². The van der Waals surface area contributed by atoms with Gasteiger partial charge in [0.1, 0.15) is 17.5 Å². The zero-order valence-electron chi connectivity index (χ0n) is 10.6. The first-order valence-corrected chi connectivity index (χ1v) is 6.25. The van der Waals surface area contributed by atoms with E-state index in [2.05, 4.69) is 20.2 Å². The van der Waals surface area contributed by atoms with Crippen molar-refractivity contribution < 1.29 is 0 Å². The van der Waals surface area contributed by atoms with E-state index in [9.17, 15) is 0 Å². The predicted molar refractivity (Wildman–Crippen MR) is 70.4 cm³/mol. The van der Waals surface area contributed by atoms with Gasteiger partial charge in [-0.25, -0.2) is 9.97 Å². The van der Waals surface area contributed by atoms with Gasteiger partial charge in [-0.05, 0) is 26.7 Å². The van der Waals surface area contributed by atoms with Crippen molar-refractivity contribution in [3.05, 3.63) is 11.9 Å². The van der Waals surface area contributed by atoms with Gasteiger partial charge in [-0.15, -0.1) is 0 Å². The second kappa shape index (κ2) is 5.31. The molecule has 1 aliphatic heterocycles. The van der Waals surface area contributed by atoms with Crippen molar-refractivity contribution in [3.8, 4) is 0 Å². The summed E-state index contributed by atoms with van der Waals surface area (Å²) in [5, 5.41) is 3.25. The molecule has 0 amide bonds. The fraction of sp³-hybridized carbons (Fsp3) is 0.667. The van der Waals surface area contributed by atoms with Crippen molar-refractivity contribution >= 4 is 11.6 Å². The van der Waals surface area contributed by atoms with Gasteiger partial charge in [-0.2, -0.15) is 0 Å². The predicted octanol–water partition coefficient (Wildman–Crippen LogP) is 1.14. The number of nitrogens with two attached hydrogens (primary N) is 1. The zero-order valence-corrected chi connectivity index (χ0v) is 10.6. The van der Waals surface area contributed by atoms with Gasteiger partial charge < -0.3 is 16.0 Å². The summed E-state index contributed by atoms with van der Waals surface area (Å²) in [6.07, 6.45) is 2.51. The minimum atomic E-state index is 0.125. The fourth-order valence-corrected chi connectivity index (χ4v) is 2.02. The summed E-state index contributed by atoms with van der Waals surface area (Å²) < 4.78 is 0. The van der Waals surface area contributed by atoms with Crippen LogP contribution in [0, 0.1) is 6.92 Å². The quantitative estimate of drug-likeness (QED) is 0.819. The molecule has 1 aliphatic rings. The number of aryl methyl sites for hydroxylation is 1. The van der Waals surface area contributed by atoms with Crippen LogP contribution in [0.2, 0.25) is 0 Å². The molecule has 2 heterocycles. The zero-order chi connectivity index (χ0) is 12.3. The Morgan fingerprint density at radius 2 is 2.12 bits per heavy atom. The van der Waals surface area contributed by atoms with E-state index in [1.807, 2.05) is 19.9 Å². The molecular formula is C12H21N5. The average Bonchev–Trinajstić information content (AvgIpc) is 2.79. The van der Waals surface area contributed by atoms with Crippen molar-refractivity contribution in [3.63, 3.8) is 0 Å². The Kier molecular flexibility index (Phi) is 3.78. The summed E-state index contributed by atoms with van der Waals surface area (Å²) in [7, 11) is 0. The van der Waals surface area contributed by atoms with E-state index in [0.717, 1.165) is 37.1 Å². The van der Waals surface area contributed by atoms with Gasteiger partial charge in [0.05, 0.1) is 0 Å². The lowest BCUT2D eigenvalue weighted by molar-refractivity contribution is 0.775. The van der Waals surface area contributed by atoms with Crippen LogP contribution in [0.15, 0.2) is 6.07 Å². The molecule has 1 unspecified atom stereocenters. The van der Waals surface area contributed by atoms with Crippen LogP contribution in [0.3, 0.4) is 0 Å². The van der Waals surface area contributed by atoms with Gasteiger partial charge in [0.25, 0.3) is 0 Å². The van der Waals surface area contributed by atoms with Crippen LogP contribution >= 0.6 is 0 Å². The number of rotatable bonds is 4. The Morgan fingerprint density at radius 3 is 2.76 bits per heavy atom. The van der Waals surface area contributed by atoms with Crippen molar-refractivity contribution in [1.82, 2.24) is 9.97 Å². The molecular weight excluding hydrogens is 214 g/mol. The molecule has 0 spiro atoms. The van der Waals surface area contributed by atoms with Crippen LogP contribution < -0.4 is 16.0 Å². The number of nitrogens with one attached hydrogen (secondary N) is 1. The first kappa shape index (κ1) is 12.1. The standard InChI is InChI=1S/C12H21N5/c1-9(13)8-14-11-7-12(16-10(2)15-11)17-5-3-4-6-17/h7,9H,3-6,8,13H2,1-2H3,(H,14,15,16). The average molecular weight is 235 g/mol. The molecule has 5 heteroatoms. The largest absolute Gasteiger partial charge is 0.368 e. The van der Waals surface area contributed by atoms with E-state index in [4.69, 9.17) is 5.73 Å². The molecule has 0 aliphatic carbocycles. The molecule has 94 valence electrons. The van der Waals surface area contributed by atoms with Crippen LogP contribution in [0.4, 0.5) is 11.6 Å². The van der Waals surface area contributed by atoms with Crippen LogP contribution in [0.25, 0.3) is 0 Å². The topological polar surface area (TPSA) is 67.1 Å². The highest BCUT2D eigenvalue weighted by Crippen LogP contribution is 2.20. The van der Waals surface area contributed by atoms with Crippen molar-refractivity contribution in [2.24, 2.45) is 5.73 Å². The lowest BCUT2D eigenvalue weighted by Crippen LogP contribution is -2.26. The Morgan fingerprint density at radius 1 is 1.41 bits per heavy atom. The van der Waals surface area contributed by atoms with E-state index < -0.39 is 0 Å². The molecule has 0 saturated carbocycles. The van der Waals surface area contributed by atoms with Crippen molar-refractivity contribution in [2.45, 2.75) is 32.7 Å². The highest BCUT2D eigenvalue weighted by Gasteiger charge is 2.14. The van der Waals surface area contributed by atoms with Gasteiger partial charge >= 0.3 is 0 Å². The van der Waals surface area contributed by atoms with Crippen LogP contribution in [-0.4, -0.2) is 35.6 Å². The molecule has 0 aromatic carbocycles. The molecule has 0 radical (unpaired) electrons.